The molecule has 0 spiro atoms. The molecule has 2 aliphatic heterocycles. The maximum atomic E-state index is 12.8. The minimum absolute atomic E-state index is 0.0575. The van der Waals surface area contributed by atoms with Crippen molar-refractivity contribution >= 4 is 11.9 Å². The second-order valence-corrected chi connectivity index (χ2v) is 8.74. The zero-order valence-electron chi connectivity index (χ0n) is 18.0. The summed E-state index contributed by atoms with van der Waals surface area (Å²) in [6.07, 6.45) is 3.86. The number of carbonyl (C=O) groups excluding carboxylic acids is 2. The van der Waals surface area contributed by atoms with Crippen molar-refractivity contribution in [1.29, 1.82) is 0 Å². The minimum Gasteiger partial charge on any atom is -0.491 e. The van der Waals surface area contributed by atoms with Crippen LogP contribution in [0.2, 0.25) is 0 Å². The minimum atomic E-state index is -0.0575. The Bertz CT molecular complexity index is 690. The first-order chi connectivity index (χ1) is 13.9. The molecule has 29 heavy (non-hydrogen) atoms. The zero-order valence-corrected chi connectivity index (χ0v) is 18.0. The third-order valence-electron chi connectivity index (χ3n) is 5.94. The summed E-state index contributed by atoms with van der Waals surface area (Å²) in [4.78, 5) is 29.2. The van der Waals surface area contributed by atoms with Crippen LogP contribution in [0.15, 0.2) is 24.3 Å². The lowest BCUT2D eigenvalue weighted by Gasteiger charge is -2.36. The van der Waals surface area contributed by atoms with Crippen molar-refractivity contribution in [1.82, 2.24) is 15.1 Å². The lowest BCUT2D eigenvalue weighted by atomic mass is 9.93. The summed E-state index contributed by atoms with van der Waals surface area (Å²) >= 11 is 0. The maximum absolute atomic E-state index is 12.8. The van der Waals surface area contributed by atoms with Crippen molar-refractivity contribution in [2.75, 3.05) is 26.2 Å². The molecule has 6 nitrogen and oxygen atoms in total. The van der Waals surface area contributed by atoms with Gasteiger partial charge in [0.05, 0.1) is 6.10 Å². The van der Waals surface area contributed by atoms with E-state index >= 15 is 0 Å². The van der Waals surface area contributed by atoms with E-state index in [4.69, 9.17) is 4.74 Å². The second-order valence-electron chi connectivity index (χ2n) is 8.74. The van der Waals surface area contributed by atoms with E-state index in [9.17, 15) is 9.59 Å². The molecule has 2 heterocycles. The van der Waals surface area contributed by atoms with Crippen molar-refractivity contribution in [3.8, 4) is 5.75 Å². The summed E-state index contributed by atoms with van der Waals surface area (Å²) in [5, 5.41) is 3.00. The van der Waals surface area contributed by atoms with Gasteiger partial charge in [-0.1, -0.05) is 19.1 Å². The van der Waals surface area contributed by atoms with Crippen LogP contribution in [0.25, 0.3) is 0 Å². The smallest absolute Gasteiger partial charge is 0.317 e. The highest BCUT2D eigenvalue weighted by Crippen LogP contribution is 2.23. The molecule has 0 unspecified atom stereocenters. The van der Waals surface area contributed by atoms with Crippen molar-refractivity contribution in [3.05, 3.63) is 29.8 Å². The van der Waals surface area contributed by atoms with E-state index < -0.39 is 0 Å². The topological polar surface area (TPSA) is 61.9 Å². The molecule has 2 aliphatic rings. The van der Waals surface area contributed by atoms with Crippen molar-refractivity contribution in [3.63, 3.8) is 0 Å². The third-order valence-corrected chi connectivity index (χ3v) is 5.94. The number of nitrogens with one attached hydrogen (secondary N) is 1. The number of hydrogen-bond acceptors (Lipinski definition) is 3. The average molecular weight is 402 g/mol. The fourth-order valence-corrected chi connectivity index (χ4v) is 4.11. The second kappa shape index (κ2) is 9.99. The summed E-state index contributed by atoms with van der Waals surface area (Å²) in [6.45, 7) is 9.78. The Hall–Kier alpha value is -2.24. The van der Waals surface area contributed by atoms with Crippen LogP contribution in [-0.4, -0.2) is 54.0 Å². The van der Waals surface area contributed by atoms with Gasteiger partial charge in [-0.15, -0.1) is 0 Å². The maximum Gasteiger partial charge on any atom is 0.317 e. The largest absolute Gasteiger partial charge is 0.491 e. The van der Waals surface area contributed by atoms with Gasteiger partial charge in [0.25, 0.3) is 0 Å². The molecular formula is C23H35N3O3. The Morgan fingerprint density at radius 3 is 2.38 bits per heavy atom. The lowest BCUT2D eigenvalue weighted by molar-refractivity contribution is -0.138. The highest BCUT2D eigenvalue weighted by Gasteiger charge is 2.31. The van der Waals surface area contributed by atoms with E-state index in [1.165, 1.54) is 0 Å². The quantitative estimate of drug-likeness (QED) is 0.819. The number of carbonyl (C=O) groups is 2. The van der Waals surface area contributed by atoms with Gasteiger partial charge >= 0.3 is 6.03 Å². The van der Waals surface area contributed by atoms with Crippen molar-refractivity contribution in [2.24, 2.45) is 11.8 Å². The van der Waals surface area contributed by atoms with Crippen molar-refractivity contribution in [2.45, 2.75) is 59.1 Å². The molecule has 1 N–H and O–H groups in total. The van der Waals surface area contributed by atoms with Crippen LogP contribution >= 0.6 is 0 Å². The SMILES string of the molecule is CC1CCN(C(=O)C2CCN(C(=O)NCc3cccc(OC(C)C)c3)CC2)CC1. The molecule has 0 aliphatic carbocycles. The number of amides is 3. The van der Waals surface area contributed by atoms with Crippen LogP contribution < -0.4 is 10.1 Å². The van der Waals surface area contributed by atoms with Crippen LogP contribution in [0, 0.1) is 11.8 Å². The monoisotopic (exact) mass is 401 g/mol. The Morgan fingerprint density at radius 2 is 1.72 bits per heavy atom. The van der Waals surface area contributed by atoms with Crippen LogP contribution in [0.3, 0.4) is 0 Å². The number of nitrogens with zero attached hydrogens (tertiary/aromatic N) is 2. The molecule has 0 radical (unpaired) electrons. The number of ether oxygens (including phenoxy) is 1. The van der Waals surface area contributed by atoms with Crippen LogP contribution in [0.1, 0.15) is 52.0 Å². The molecule has 0 bridgehead atoms. The summed E-state index contributed by atoms with van der Waals surface area (Å²) in [6, 6.07) is 7.76. The standard InChI is InChI=1S/C23H35N3O3/c1-17(2)29-21-6-4-5-19(15-21)16-24-23(28)26-13-9-20(10-14-26)22(27)25-11-7-18(3)8-12-25/h4-6,15,17-18,20H,7-14,16H2,1-3H3,(H,24,28). The van der Waals surface area contributed by atoms with Gasteiger partial charge < -0.3 is 19.9 Å². The third kappa shape index (κ3) is 6.12. The Kier molecular flexibility index (Phi) is 7.40. The van der Waals surface area contributed by atoms with Crippen LogP contribution in [0.5, 0.6) is 5.75 Å². The molecule has 1 aromatic rings. The van der Waals surface area contributed by atoms with Gasteiger partial charge in [-0.05, 0) is 63.1 Å². The average Bonchev–Trinajstić information content (AvgIpc) is 2.72. The molecule has 0 atom stereocenters. The fraction of sp³-hybridized carbons (Fsp3) is 0.652. The molecule has 160 valence electrons. The van der Waals surface area contributed by atoms with E-state index in [2.05, 4.69) is 12.2 Å². The van der Waals surface area contributed by atoms with Gasteiger partial charge in [-0.2, -0.15) is 0 Å². The molecule has 3 amide bonds. The van der Waals surface area contributed by atoms with Gasteiger partial charge in [0.2, 0.25) is 5.91 Å². The zero-order chi connectivity index (χ0) is 20.8. The van der Waals surface area contributed by atoms with E-state index in [0.29, 0.717) is 25.5 Å². The molecule has 0 saturated carbocycles. The van der Waals surface area contributed by atoms with Crippen LogP contribution in [-0.2, 0) is 11.3 Å². The summed E-state index contributed by atoms with van der Waals surface area (Å²) in [5.41, 5.74) is 1.01. The number of piperidine rings is 2. The van der Waals surface area contributed by atoms with E-state index in [1.807, 2.05) is 47.9 Å². The first-order valence-corrected chi connectivity index (χ1v) is 11.0. The van der Waals surface area contributed by atoms with Gasteiger partial charge in [-0.3, -0.25) is 4.79 Å². The molecule has 6 heteroatoms. The molecule has 0 aromatic heterocycles. The van der Waals surface area contributed by atoms with Crippen LogP contribution in [0.4, 0.5) is 4.79 Å². The molecule has 2 saturated heterocycles. The highest BCUT2D eigenvalue weighted by molar-refractivity contribution is 5.80. The predicted octanol–water partition coefficient (Wildman–Crippen LogP) is 3.65. The fourth-order valence-electron chi connectivity index (χ4n) is 4.11. The molecule has 1 aromatic carbocycles. The number of urea groups is 1. The summed E-state index contributed by atoms with van der Waals surface area (Å²) < 4.78 is 5.71. The molecular weight excluding hydrogens is 366 g/mol. The van der Waals surface area contributed by atoms with E-state index in [1.54, 1.807) is 0 Å². The van der Waals surface area contributed by atoms with Gasteiger partial charge in [0, 0.05) is 38.6 Å². The van der Waals surface area contributed by atoms with Gasteiger partial charge in [0.1, 0.15) is 5.75 Å². The number of benzene rings is 1. The van der Waals surface area contributed by atoms with Crippen molar-refractivity contribution < 1.29 is 14.3 Å². The predicted molar refractivity (Wildman–Crippen MR) is 114 cm³/mol. The highest BCUT2D eigenvalue weighted by atomic mass is 16.5. The summed E-state index contributed by atoms with van der Waals surface area (Å²) in [7, 11) is 0. The number of rotatable bonds is 5. The van der Waals surface area contributed by atoms with Gasteiger partial charge in [-0.25, -0.2) is 4.79 Å². The van der Waals surface area contributed by atoms with E-state index in [0.717, 1.165) is 56.0 Å². The van der Waals surface area contributed by atoms with Gasteiger partial charge in [0.15, 0.2) is 0 Å². The first-order valence-electron chi connectivity index (χ1n) is 11.0. The number of hydrogen-bond donors (Lipinski definition) is 1. The molecule has 2 fully saturated rings. The normalized spacial score (nSPS) is 18.8. The molecule has 3 rings (SSSR count). The van der Waals surface area contributed by atoms with E-state index in [-0.39, 0.29) is 18.1 Å². The summed E-state index contributed by atoms with van der Waals surface area (Å²) in [5.74, 6) is 1.90. The Labute approximate surface area is 174 Å². The number of likely N-dealkylation sites (tertiary alicyclic amines) is 2. The Balaban J connectivity index is 1.42. The lowest BCUT2D eigenvalue weighted by Crippen LogP contribution is -2.48. The first kappa shape index (κ1) is 21.5. The Morgan fingerprint density at radius 1 is 1.07 bits per heavy atom.